The average Bonchev–Trinajstić information content (AvgIpc) is 2.50. The van der Waals surface area contributed by atoms with Gasteiger partial charge in [-0.1, -0.05) is 0 Å². The van der Waals surface area contributed by atoms with Crippen LogP contribution in [0, 0.1) is 6.92 Å². The molecule has 0 radical (unpaired) electrons. The minimum atomic E-state index is 0.144. The van der Waals surface area contributed by atoms with Gasteiger partial charge in [0.05, 0.1) is 13.2 Å². The van der Waals surface area contributed by atoms with Crippen LogP contribution in [0.4, 0.5) is 0 Å². The molecule has 0 saturated carbocycles. The van der Waals surface area contributed by atoms with Crippen LogP contribution in [-0.4, -0.2) is 39.4 Å². The molecule has 0 aliphatic rings. The highest BCUT2D eigenvalue weighted by atomic mass is 16.4. The van der Waals surface area contributed by atoms with Crippen LogP contribution >= 0.6 is 0 Å². The molecule has 5 heteroatoms. The second kappa shape index (κ2) is 5.07. The van der Waals surface area contributed by atoms with Crippen molar-refractivity contribution in [2.45, 2.75) is 33.4 Å². The van der Waals surface area contributed by atoms with Crippen LogP contribution in [0.2, 0.25) is 0 Å². The molecular weight excluding hydrogens is 182 g/mol. The van der Waals surface area contributed by atoms with Crippen LogP contribution in [0.15, 0.2) is 4.42 Å². The fraction of sp³-hybridized carbons (Fsp3) is 0.778. The number of aromatic nitrogens is 2. The topological polar surface area (TPSA) is 62.4 Å². The van der Waals surface area contributed by atoms with E-state index in [0.29, 0.717) is 30.9 Å². The number of hydrogen-bond donors (Lipinski definition) is 1. The molecule has 1 aromatic heterocycles. The van der Waals surface area contributed by atoms with Crippen molar-refractivity contribution in [3.63, 3.8) is 0 Å². The molecule has 0 atom stereocenters. The summed E-state index contributed by atoms with van der Waals surface area (Å²) < 4.78 is 5.26. The Morgan fingerprint density at radius 1 is 1.43 bits per heavy atom. The smallest absolute Gasteiger partial charge is 0.230 e. The fourth-order valence-corrected chi connectivity index (χ4v) is 1.22. The van der Waals surface area contributed by atoms with Crippen molar-refractivity contribution in [3.8, 4) is 0 Å². The first-order valence-corrected chi connectivity index (χ1v) is 4.77. The first-order valence-electron chi connectivity index (χ1n) is 4.77. The molecule has 1 aromatic rings. The van der Waals surface area contributed by atoms with E-state index in [1.165, 1.54) is 0 Å². The summed E-state index contributed by atoms with van der Waals surface area (Å²) in [7, 11) is 0. The maximum Gasteiger partial charge on any atom is 0.230 e. The highest BCUT2D eigenvalue weighted by Gasteiger charge is 2.12. The van der Waals surface area contributed by atoms with Gasteiger partial charge in [-0.15, -0.1) is 10.2 Å². The van der Waals surface area contributed by atoms with Crippen molar-refractivity contribution in [2.24, 2.45) is 0 Å². The van der Waals surface area contributed by atoms with E-state index >= 15 is 0 Å². The number of aliphatic hydroxyl groups excluding tert-OH is 1. The molecule has 0 aliphatic heterocycles. The van der Waals surface area contributed by atoms with Gasteiger partial charge in [0.1, 0.15) is 0 Å². The summed E-state index contributed by atoms with van der Waals surface area (Å²) in [4.78, 5) is 2.08. The maximum absolute atomic E-state index is 8.86. The first kappa shape index (κ1) is 11.1. The number of nitrogens with zero attached hydrogens (tertiary/aromatic N) is 3. The minimum absolute atomic E-state index is 0.144. The number of aliphatic hydroxyl groups is 1. The lowest BCUT2D eigenvalue weighted by molar-refractivity contribution is 0.147. The Balaban J connectivity index is 2.55. The molecule has 0 spiro atoms. The lowest BCUT2D eigenvalue weighted by Crippen LogP contribution is -2.33. The molecule has 1 heterocycles. The lowest BCUT2D eigenvalue weighted by Gasteiger charge is -2.23. The SMILES string of the molecule is Cc1nnc(CN(CCO)C(C)C)o1. The van der Waals surface area contributed by atoms with Gasteiger partial charge in [-0.3, -0.25) is 4.90 Å². The molecule has 0 aromatic carbocycles. The number of rotatable bonds is 5. The Labute approximate surface area is 83.7 Å². The van der Waals surface area contributed by atoms with Gasteiger partial charge < -0.3 is 9.52 Å². The average molecular weight is 199 g/mol. The van der Waals surface area contributed by atoms with E-state index in [4.69, 9.17) is 9.52 Å². The van der Waals surface area contributed by atoms with Crippen LogP contribution in [0.3, 0.4) is 0 Å². The van der Waals surface area contributed by atoms with E-state index in [0.717, 1.165) is 0 Å². The molecule has 1 rings (SSSR count). The van der Waals surface area contributed by atoms with Crippen molar-refractivity contribution < 1.29 is 9.52 Å². The predicted molar refractivity (Wildman–Crippen MR) is 51.7 cm³/mol. The van der Waals surface area contributed by atoms with Crippen LogP contribution in [0.1, 0.15) is 25.6 Å². The molecule has 0 unspecified atom stereocenters. The maximum atomic E-state index is 8.86. The number of hydrogen-bond acceptors (Lipinski definition) is 5. The Morgan fingerprint density at radius 2 is 2.14 bits per heavy atom. The lowest BCUT2D eigenvalue weighted by atomic mass is 10.3. The monoisotopic (exact) mass is 199 g/mol. The van der Waals surface area contributed by atoms with E-state index in [2.05, 4.69) is 28.9 Å². The van der Waals surface area contributed by atoms with Gasteiger partial charge in [0.25, 0.3) is 0 Å². The summed E-state index contributed by atoms with van der Waals surface area (Å²) >= 11 is 0. The Kier molecular flexibility index (Phi) is 4.03. The summed E-state index contributed by atoms with van der Waals surface area (Å²) in [6, 6.07) is 0.356. The minimum Gasteiger partial charge on any atom is -0.424 e. The molecular formula is C9H17N3O2. The fourth-order valence-electron chi connectivity index (χ4n) is 1.22. The molecule has 0 fully saturated rings. The normalized spacial score (nSPS) is 11.6. The van der Waals surface area contributed by atoms with E-state index in [1.54, 1.807) is 6.92 Å². The van der Waals surface area contributed by atoms with Crippen molar-refractivity contribution in [2.75, 3.05) is 13.2 Å². The molecule has 0 saturated heterocycles. The summed E-state index contributed by atoms with van der Waals surface area (Å²) in [5, 5.41) is 16.5. The highest BCUT2D eigenvalue weighted by Crippen LogP contribution is 2.06. The zero-order valence-electron chi connectivity index (χ0n) is 8.90. The quantitative estimate of drug-likeness (QED) is 0.751. The van der Waals surface area contributed by atoms with Crippen molar-refractivity contribution >= 4 is 0 Å². The predicted octanol–water partition coefficient (Wildman–Crippen LogP) is 0.581. The first-order chi connectivity index (χ1) is 6.63. The third kappa shape index (κ3) is 3.08. The van der Waals surface area contributed by atoms with Gasteiger partial charge in [0.2, 0.25) is 11.8 Å². The zero-order valence-corrected chi connectivity index (χ0v) is 8.90. The van der Waals surface area contributed by atoms with Crippen LogP contribution in [0.5, 0.6) is 0 Å². The van der Waals surface area contributed by atoms with Gasteiger partial charge in [0.15, 0.2) is 0 Å². The molecule has 0 bridgehead atoms. The molecule has 0 amide bonds. The van der Waals surface area contributed by atoms with Crippen LogP contribution in [-0.2, 0) is 6.54 Å². The highest BCUT2D eigenvalue weighted by molar-refractivity contribution is 4.80. The zero-order chi connectivity index (χ0) is 10.6. The second-order valence-corrected chi connectivity index (χ2v) is 3.50. The van der Waals surface area contributed by atoms with Gasteiger partial charge in [-0.2, -0.15) is 0 Å². The summed E-state index contributed by atoms with van der Waals surface area (Å²) in [6.45, 7) is 7.27. The third-order valence-electron chi connectivity index (χ3n) is 2.02. The van der Waals surface area contributed by atoms with Gasteiger partial charge in [-0.25, -0.2) is 0 Å². The van der Waals surface area contributed by atoms with Gasteiger partial charge >= 0.3 is 0 Å². The van der Waals surface area contributed by atoms with Crippen molar-refractivity contribution in [1.82, 2.24) is 15.1 Å². The summed E-state index contributed by atoms with van der Waals surface area (Å²) in [5.41, 5.74) is 0. The Hall–Kier alpha value is -0.940. The standard InChI is InChI=1S/C9H17N3O2/c1-7(2)12(4-5-13)6-9-11-10-8(3)14-9/h7,13H,4-6H2,1-3H3. The number of aryl methyl sites for hydroxylation is 1. The molecule has 80 valence electrons. The van der Waals surface area contributed by atoms with Crippen LogP contribution in [0.25, 0.3) is 0 Å². The second-order valence-electron chi connectivity index (χ2n) is 3.50. The Bertz CT molecular complexity index is 273. The largest absolute Gasteiger partial charge is 0.424 e. The van der Waals surface area contributed by atoms with E-state index in [1.807, 2.05) is 0 Å². The van der Waals surface area contributed by atoms with Gasteiger partial charge in [0, 0.05) is 19.5 Å². The van der Waals surface area contributed by atoms with E-state index < -0.39 is 0 Å². The van der Waals surface area contributed by atoms with Gasteiger partial charge in [-0.05, 0) is 13.8 Å². The van der Waals surface area contributed by atoms with Crippen LogP contribution < -0.4 is 0 Å². The Morgan fingerprint density at radius 3 is 2.57 bits per heavy atom. The van der Waals surface area contributed by atoms with E-state index in [-0.39, 0.29) is 6.61 Å². The van der Waals surface area contributed by atoms with E-state index in [9.17, 15) is 0 Å². The molecule has 0 aliphatic carbocycles. The van der Waals surface area contributed by atoms with Crippen molar-refractivity contribution in [1.29, 1.82) is 0 Å². The molecule has 5 nitrogen and oxygen atoms in total. The summed E-state index contributed by atoms with van der Waals surface area (Å²) in [6.07, 6.45) is 0. The molecule has 1 N–H and O–H groups in total. The molecule has 14 heavy (non-hydrogen) atoms. The summed E-state index contributed by atoms with van der Waals surface area (Å²) in [5.74, 6) is 1.18. The third-order valence-corrected chi connectivity index (χ3v) is 2.02. The van der Waals surface area contributed by atoms with Crippen molar-refractivity contribution in [3.05, 3.63) is 11.8 Å².